The summed E-state index contributed by atoms with van der Waals surface area (Å²) in [4.78, 5) is 17.3. The molecule has 1 heterocycles. The number of hydrogen-bond donors (Lipinski definition) is 3. The predicted octanol–water partition coefficient (Wildman–Crippen LogP) is 1.77. The molecule has 0 aliphatic heterocycles. The molecule has 1 aromatic carbocycles. The molecule has 0 fully saturated rings. The number of rotatable bonds is 4. The van der Waals surface area contributed by atoms with Crippen molar-refractivity contribution in [2.24, 2.45) is 11.7 Å². The summed E-state index contributed by atoms with van der Waals surface area (Å²) in [5, 5.41) is 1.17. The Bertz CT molecular complexity index is 713. The highest BCUT2D eigenvalue weighted by molar-refractivity contribution is 6.34. The number of para-hydroxylation sites is 1. The molecule has 0 unspecified atom stereocenters. The third-order valence-corrected chi connectivity index (χ3v) is 3.48. The highest BCUT2D eigenvalue weighted by atomic mass is 35.5. The minimum atomic E-state index is -0.717. The fourth-order valence-corrected chi connectivity index (χ4v) is 2.41. The number of hydrazine groups is 2. The molecular weight excluding hydrogens is 323 g/mol. The largest absolute Gasteiger partial charge is 0.366 e. The Labute approximate surface area is 137 Å². The van der Waals surface area contributed by atoms with E-state index in [2.05, 4.69) is 4.98 Å². The summed E-state index contributed by atoms with van der Waals surface area (Å²) >= 11 is 6.22. The first-order valence-electron chi connectivity index (χ1n) is 6.60. The van der Waals surface area contributed by atoms with Crippen molar-refractivity contribution in [3.8, 4) is 0 Å². The molecule has 0 saturated heterocycles. The molecule has 7 nitrogen and oxygen atoms in total. The van der Waals surface area contributed by atoms with Crippen molar-refractivity contribution in [1.29, 1.82) is 0 Å². The van der Waals surface area contributed by atoms with Gasteiger partial charge in [-0.3, -0.25) is 10.4 Å². The Morgan fingerprint density at radius 1 is 1.39 bits per heavy atom. The van der Waals surface area contributed by atoms with Crippen molar-refractivity contribution in [3.05, 3.63) is 53.1 Å². The second-order valence-electron chi connectivity index (χ2n) is 4.72. The molecule has 9 heteroatoms. The number of hydrogen-bond acceptors (Lipinski definition) is 5. The van der Waals surface area contributed by atoms with Crippen LogP contribution in [0.5, 0.6) is 0 Å². The molecule has 122 valence electrons. The number of nitrogens with two attached hydrogens (primary N) is 2. The van der Waals surface area contributed by atoms with Gasteiger partial charge in [-0.2, -0.15) is 0 Å². The molecule has 0 aliphatic carbocycles. The monoisotopic (exact) mass is 338 g/mol. The first kappa shape index (κ1) is 16.9. The van der Waals surface area contributed by atoms with Crippen LogP contribution in [-0.2, 0) is 6.54 Å². The van der Waals surface area contributed by atoms with Crippen LogP contribution in [-0.4, -0.2) is 18.1 Å². The van der Waals surface area contributed by atoms with E-state index >= 15 is 0 Å². The minimum Gasteiger partial charge on any atom is -0.366 e. The van der Waals surface area contributed by atoms with Gasteiger partial charge >= 0.3 is 6.03 Å². The molecular formula is C14H16ClFN6O. The Morgan fingerprint density at radius 2 is 2.13 bits per heavy atom. The minimum absolute atomic E-state index is 0.140. The lowest BCUT2D eigenvalue weighted by molar-refractivity contribution is 0.246. The number of pyridine rings is 1. The van der Waals surface area contributed by atoms with Gasteiger partial charge in [0.1, 0.15) is 5.82 Å². The van der Waals surface area contributed by atoms with Gasteiger partial charge in [0.25, 0.3) is 0 Å². The standard InChI is InChI=1S/C14H16ClFN6O/c1-21(8-11-10(16)5-3-7-19-11)13-9(15)4-2-6-12(13)22(18)14(23)20-17/h2-7H,8,17-18H2,1H3,(H,20,23). The number of amides is 2. The van der Waals surface area contributed by atoms with E-state index in [1.165, 1.54) is 18.3 Å². The van der Waals surface area contributed by atoms with Crippen LogP contribution in [0.25, 0.3) is 0 Å². The van der Waals surface area contributed by atoms with E-state index in [-0.39, 0.29) is 12.2 Å². The molecule has 2 aromatic rings. The predicted molar refractivity (Wildman–Crippen MR) is 87.1 cm³/mol. The summed E-state index contributed by atoms with van der Waals surface area (Å²) in [7, 11) is 1.69. The topological polar surface area (TPSA) is 101 Å². The average Bonchev–Trinajstić information content (AvgIpc) is 2.55. The number of carbonyl (C=O) groups is 1. The second kappa shape index (κ2) is 7.23. The smallest absolute Gasteiger partial charge is 0.350 e. The summed E-state index contributed by atoms with van der Waals surface area (Å²) < 4.78 is 13.8. The maximum atomic E-state index is 13.8. The van der Waals surface area contributed by atoms with E-state index in [1.54, 1.807) is 30.1 Å². The molecule has 1 aromatic heterocycles. The van der Waals surface area contributed by atoms with Crippen molar-refractivity contribution in [2.45, 2.75) is 6.54 Å². The summed E-state index contributed by atoms with van der Waals surface area (Å²) in [5.74, 6) is 10.4. The van der Waals surface area contributed by atoms with E-state index in [1.807, 2.05) is 5.43 Å². The zero-order valence-electron chi connectivity index (χ0n) is 12.3. The van der Waals surface area contributed by atoms with Crippen LogP contribution in [0.3, 0.4) is 0 Å². The van der Waals surface area contributed by atoms with Crippen molar-refractivity contribution in [1.82, 2.24) is 10.4 Å². The Morgan fingerprint density at radius 3 is 2.78 bits per heavy atom. The van der Waals surface area contributed by atoms with Crippen LogP contribution in [0.15, 0.2) is 36.5 Å². The fourth-order valence-electron chi connectivity index (χ4n) is 2.09. The van der Waals surface area contributed by atoms with Gasteiger partial charge in [0.05, 0.1) is 28.6 Å². The third-order valence-electron chi connectivity index (χ3n) is 3.17. The highest BCUT2D eigenvalue weighted by Crippen LogP contribution is 2.35. The number of nitrogens with one attached hydrogen (secondary N) is 1. The molecule has 0 spiro atoms. The van der Waals surface area contributed by atoms with Crippen LogP contribution in [0, 0.1) is 5.82 Å². The van der Waals surface area contributed by atoms with Gasteiger partial charge in [0.2, 0.25) is 0 Å². The summed E-state index contributed by atoms with van der Waals surface area (Å²) in [6.07, 6.45) is 1.50. The zero-order chi connectivity index (χ0) is 17.0. The average molecular weight is 339 g/mol. The molecule has 2 amide bonds. The maximum absolute atomic E-state index is 13.8. The van der Waals surface area contributed by atoms with Crippen molar-refractivity contribution in [3.63, 3.8) is 0 Å². The SMILES string of the molecule is CN(Cc1ncccc1F)c1c(Cl)cccc1N(N)C(=O)NN. The second-order valence-corrected chi connectivity index (χ2v) is 5.12. The van der Waals surface area contributed by atoms with Gasteiger partial charge in [-0.05, 0) is 24.3 Å². The van der Waals surface area contributed by atoms with Crippen molar-refractivity contribution < 1.29 is 9.18 Å². The van der Waals surface area contributed by atoms with Crippen LogP contribution in [0.1, 0.15) is 5.69 Å². The van der Waals surface area contributed by atoms with Crippen molar-refractivity contribution in [2.75, 3.05) is 17.0 Å². The summed E-state index contributed by atoms with van der Waals surface area (Å²) in [6, 6.07) is 6.99. The lowest BCUT2D eigenvalue weighted by atomic mass is 10.2. The number of urea groups is 1. The number of aromatic nitrogens is 1. The zero-order valence-corrected chi connectivity index (χ0v) is 13.1. The van der Waals surface area contributed by atoms with E-state index in [9.17, 15) is 9.18 Å². The molecule has 0 radical (unpaired) electrons. The number of carbonyl (C=O) groups excluding carboxylic acids is 1. The van der Waals surface area contributed by atoms with Gasteiger partial charge in [0.15, 0.2) is 0 Å². The number of nitrogens with zero attached hydrogens (tertiary/aromatic N) is 3. The van der Waals surface area contributed by atoms with Gasteiger partial charge in [-0.1, -0.05) is 17.7 Å². The van der Waals surface area contributed by atoms with E-state index in [4.69, 9.17) is 23.3 Å². The summed E-state index contributed by atoms with van der Waals surface area (Å²) in [5.41, 5.74) is 2.95. The van der Waals surface area contributed by atoms with Crippen LogP contribution < -0.4 is 27.0 Å². The maximum Gasteiger partial charge on any atom is 0.350 e. The van der Waals surface area contributed by atoms with Gasteiger partial charge in [-0.15, -0.1) is 0 Å². The number of anilines is 2. The van der Waals surface area contributed by atoms with Gasteiger partial charge < -0.3 is 4.90 Å². The normalized spacial score (nSPS) is 10.3. The highest BCUT2D eigenvalue weighted by Gasteiger charge is 2.20. The van der Waals surface area contributed by atoms with Crippen LogP contribution in [0.4, 0.5) is 20.6 Å². The number of benzene rings is 1. The molecule has 5 N–H and O–H groups in total. The lowest BCUT2D eigenvalue weighted by Gasteiger charge is -2.27. The summed E-state index contributed by atoms with van der Waals surface area (Å²) in [6.45, 7) is 0.140. The van der Waals surface area contributed by atoms with Gasteiger partial charge in [-0.25, -0.2) is 25.9 Å². The molecule has 23 heavy (non-hydrogen) atoms. The van der Waals surface area contributed by atoms with E-state index < -0.39 is 11.8 Å². The van der Waals surface area contributed by atoms with E-state index in [0.29, 0.717) is 16.4 Å². The van der Waals surface area contributed by atoms with Crippen LogP contribution in [0.2, 0.25) is 5.02 Å². The lowest BCUT2D eigenvalue weighted by Crippen LogP contribution is -2.48. The quantitative estimate of drug-likeness (QED) is 0.448. The van der Waals surface area contributed by atoms with Crippen molar-refractivity contribution >= 4 is 29.0 Å². The first-order chi connectivity index (χ1) is 11.0. The number of halogens is 2. The Balaban J connectivity index is 2.38. The van der Waals surface area contributed by atoms with E-state index in [0.717, 1.165) is 5.01 Å². The molecule has 0 saturated carbocycles. The molecule has 0 bridgehead atoms. The third kappa shape index (κ3) is 3.67. The Hall–Kier alpha value is -2.42. The van der Waals surface area contributed by atoms with Gasteiger partial charge in [0, 0.05) is 13.2 Å². The fraction of sp³-hybridized carbons (Fsp3) is 0.143. The molecule has 0 aliphatic rings. The first-order valence-corrected chi connectivity index (χ1v) is 6.98. The van der Waals surface area contributed by atoms with Crippen LogP contribution >= 0.6 is 11.6 Å². The molecule has 2 rings (SSSR count). The molecule has 0 atom stereocenters. The Kier molecular flexibility index (Phi) is 5.32.